The summed E-state index contributed by atoms with van der Waals surface area (Å²) in [5.74, 6) is 0.473. The monoisotopic (exact) mass is 340 g/mol. The van der Waals surface area contributed by atoms with Gasteiger partial charge < -0.3 is 14.9 Å². The fourth-order valence-corrected chi connectivity index (χ4v) is 2.66. The molecule has 0 amide bonds. The van der Waals surface area contributed by atoms with E-state index in [4.69, 9.17) is 4.74 Å². The summed E-state index contributed by atoms with van der Waals surface area (Å²) in [7, 11) is 1.53. The fourth-order valence-electron chi connectivity index (χ4n) is 2.66. The van der Waals surface area contributed by atoms with E-state index in [0.717, 1.165) is 5.56 Å². The number of nitro groups is 1. The molecule has 3 aromatic rings. The zero-order valence-electron chi connectivity index (χ0n) is 13.4. The second-order valence-electron chi connectivity index (χ2n) is 5.48. The molecule has 0 atom stereocenters. The fraction of sp³-hybridized carbons (Fsp3) is 0.111. The Morgan fingerprint density at radius 2 is 1.80 bits per heavy atom. The van der Waals surface area contributed by atoms with E-state index >= 15 is 0 Å². The predicted octanol–water partition coefficient (Wildman–Crippen LogP) is 3.53. The third-order valence-corrected chi connectivity index (χ3v) is 3.91. The summed E-state index contributed by atoms with van der Waals surface area (Å²) in [5, 5.41) is 30.6. The van der Waals surface area contributed by atoms with Gasteiger partial charge in [-0.3, -0.25) is 14.7 Å². The molecule has 0 bridgehead atoms. The van der Waals surface area contributed by atoms with E-state index in [1.807, 2.05) is 6.07 Å². The number of ether oxygens (including phenoxy) is 1. The summed E-state index contributed by atoms with van der Waals surface area (Å²) in [6.45, 7) is 0.247. The number of non-ortho nitro benzene ring substituents is 1. The Kier molecular flexibility index (Phi) is 4.30. The molecule has 0 aliphatic heterocycles. The molecule has 0 radical (unpaired) electrons. The van der Waals surface area contributed by atoms with E-state index in [1.165, 1.54) is 35.9 Å². The van der Waals surface area contributed by atoms with Gasteiger partial charge in [0, 0.05) is 29.8 Å². The summed E-state index contributed by atoms with van der Waals surface area (Å²) in [6.07, 6.45) is 0. The molecule has 128 valence electrons. The minimum atomic E-state index is -0.449. The quantitative estimate of drug-likeness (QED) is 0.547. The van der Waals surface area contributed by atoms with Crippen molar-refractivity contribution in [3.8, 4) is 28.6 Å². The van der Waals surface area contributed by atoms with Gasteiger partial charge in [-0.2, -0.15) is 0 Å². The topological polar surface area (TPSA) is 97.8 Å². The van der Waals surface area contributed by atoms with E-state index < -0.39 is 4.92 Å². The van der Waals surface area contributed by atoms with E-state index in [1.54, 1.807) is 24.3 Å². The van der Waals surface area contributed by atoms with Crippen LogP contribution in [0, 0.1) is 10.1 Å². The van der Waals surface area contributed by atoms with E-state index in [-0.39, 0.29) is 24.0 Å². The first kappa shape index (κ1) is 16.4. The summed E-state index contributed by atoms with van der Waals surface area (Å²) < 4.78 is 6.71. The van der Waals surface area contributed by atoms with Crippen molar-refractivity contribution in [1.29, 1.82) is 0 Å². The minimum Gasteiger partial charge on any atom is -0.496 e. The van der Waals surface area contributed by atoms with Gasteiger partial charge in [-0.25, -0.2) is 0 Å². The van der Waals surface area contributed by atoms with Crippen molar-refractivity contribution in [3.63, 3.8) is 0 Å². The third kappa shape index (κ3) is 3.25. The molecule has 2 aromatic carbocycles. The highest BCUT2D eigenvalue weighted by Gasteiger charge is 2.13. The number of rotatable bonds is 5. The first-order valence-electron chi connectivity index (χ1n) is 7.49. The van der Waals surface area contributed by atoms with Crippen molar-refractivity contribution in [1.82, 2.24) is 4.57 Å². The zero-order chi connectivity index (χ0) is 18.0. The van der Waals surface area contributed by atoms with Gasteiger partial charge in [-0.15, -0.1) is 0 Å². The third-order valence-electron chi connectivity index (χ3n) is 3.91. The number of benzene rings is 2. The zero-order valence-corrected chi connectivity index (χ0v) is 13.4. The summed E-state index contributed by atoms with van der Waals surface area (Å²) >= 11 is 0. The number of nitrogens with zero attached hydrogens (tertiary/aromatic N) is 2. The number of aromatic hydroxyl groups is 2. The number of hydrogen-bond acceptors (Lipinski definition) is 5. The molecule has 7 nitrogen and oxygen atoms in total. The largest absolute Gasteiger partial charge is 0.496 e. The Morgan fingerprint density at radius 1 is 1.08 bits per heavy atom. The number of hydrogen-bond donors (Lipinski definition) is 2. The minimum absolute atomic E-state index is 0.00865. The molecule has 2 N–H and O–H groups in total. The Hall–Kier alpha value is -3.48. The van der Waals surface area contributed by atoms with Crippen LogP contribution in [0.4, 0.5) is 5.69 Å². The highest BCUT2D eigenvalue weighted by molar-refractivity contribution is 5.73. The van der Waals surface area contributed by atoms with Crippen LogP contribution in [0.3, 0.4) is 0 Å². The summed E-state index contributed by atoms with van der Waals surface area (Å²) in [5.41, 5.74) is 2.12. The van der Waals surface area contributed by atoms with Gasteiger partial charge in [0.2, 0.25) is 0 Å². The highest BCUT2D eigenvalue weighted by atomic mass is 16.6. The molecule has 0 saturated heterocycles. The van der Waals surface area contributed by atoms with Gasteiger partial charge in [0.1, 0.15) is 5.75 Å². The van der Waals surface area contributed by atoms with Crippen LogP contribution in [-0.4, -0.2) is 26.8 Å². The number of aromatic nitrogens is 1. The van der Waals surface area contributed by atoms with Crippen LogP contribution in [-0.2, 0) is 6.54 Å². The second-order valence-corrected chi connectivity index (χ2v) is 5.48. The Labute approximate surface area is 143 Å². The molecular weight excluding hydrogens is 324 g/mol. The van der Waals surface area contributed by atoms with Crippen molar-refractivity contribution in [2.24, 2.45) is 0 Å². The van der Waals surface area contributed by atoms with Gasteiger partial charge in [0.25, 0.3) is 5.69 Å². The number of nitro benzene ring substituents is 1. The van der Waals surface area contributed by atoms with Crippen molar-refractivity contribution >= 4 is 5.69 Å². The number of methoxy groups -OCH3 is 1. The molecule has 7 heteroatoms. The highest BCUT2D eigenvalue weighted by Crippen LogP contribution is 2.33. The van der Waals surface area contributed by atoms with Crippen molar-refractivity contribution < 1.29 is 19.9 Å². The van der Waals surface area contributed by atoms with Crippen molar-refractivity contribution in [2.75, 3.05) is 7.11 Å². The first-order chi connectivity index (χ1) is 12.0. The maximum atomic E-state index is 11.0. The van der Waals surface area contributed by atoms with Crippen LogP contribution >= 0.6 is 0 Å². The van der Waals surface area contributed by atoms with Crippen LogP contribution in [0.1, 0.15) is 5.56 Å². The lowest BCUT2D eigenvalue weighted by Gasteiger charge is -2.12. The van der Waals surface area contributed by atoms with Gasteiger partial charge >= 0.3 is 0 Å². The van der Waals surface area contributed by atoms with Crippen LogP contribution in [0.25, 0.3) is 11.1 Å². The maximum Gasteiger partial charge on any atom is 0.270 e. The van der Waals surface area contributed by atoms with E-state index in [0.29, 0.717) is 16.9 Å². The first-order valence-corrected chi connectivity index (χ1v) is 7.49. The lowest BCUT2D eigenvalue weighted by Crippen LogP contribution is -1.99. The molecule has 1 heterocycles. The molecule has 3 rings (SSSR count). The molecule has 0 spiro atoms. The van der Waals surface area contributed by atoms with E-state index in [9.17, 15) is 20.3 Å². The van der Waals surface area contributed by atoms with Gasteiger partial charge in [0.15, 0.2) is 11.8 Å². The van der Waals surface area contributed by atoms with E-state index in [2.05, 4.69) is 0 Å². The lowest BCUT2D eigenvalue weighted by atomic mass is 10.0. The summed E-state index contributed by atoms with van der Waals surface area (Å²) in [4.78, 5) is 10.6. The normalized spacial score (nSPS) is 10.6. The Morgan fingerprint density at radius 3 is 2.44 bits per heavy atom. The molecule has 0 fully saturated rings. The molecular formula is C18H16N2O5. The van der Waals surface area contributed by atoms with Crippen LogP contribution < -0.4 is 4.74 Å². The standard InChI is InChI=1S/C18H16N2O5/c1-25-16-6-5-12(11-19-17(21)7-8-18(19)22)9-15(16)13-3-2-4-14(10-13)20(23)24/h2-10,21-22H,11H2,1H3. The predicted molar refractivity (Wildman–Crippen MR) is 91.9 cm³/mol. The summed E-state index contributed by atoms with van der Waals surface area (Å²) in [6, 6.07) is 14.5. The average Bonchev–Trinajstić information content (AvgIpc) is 2.93. The van der Waals surface area contributed by atoms with Gasteiger partial charge in [0.05, 0.1) is 18.6 Å². The van der Waals surface area contributed by atoms with Crippen LogP contribution in [0.2, 0.25) is 0 Å². The smallest absolute Gasteiger partial charge is 0.270 e. The lowest BCUT2D eigenvalue weighted by molar-refractivity contribution is -0.384. The van der Waals surface area contributed by atoms with Crippen molar-refractivity contribution in [2.45, 2.75) is 6.54 Å². The molecule has 0 aliphatic carbocycles. The molecule has 1 aromatic heterocycles. The second kappa shape index (κ2) is 6.56. The Bertz CT molecular complexity index is 913. The van der Waals surface area contributed by atoms with Crippen LogP contribution in [0.5, 0.6) is 17.5 Å². The Balaban J connectivity index is 2.04. The molecule has 25 heavy (non-hydrogen) atoms. The van der Waals surface area contributed by atoms with Crippen molar-refractivity contribution in [3.05, 3.63) is 70.3 Å². The van der Waals surface area contributed by atoms with Crippen LogP contribution in [0.15, 0.2) is 54.6 Å². The molecule has 0 aliphatic rings. The maximum absolute atomic E-state index is 11.0. The SMILES string of the molecule is COc1ccc(Cn2c(O)ccc2O)cc1-c1cccc([N+](=O)[O-])c1. The molecule has 0 unspecified atom stereocenters. The van der Waals surface area contributed by atoms with Gasteiger partial charge in [-0.05, 0) is 23.3 Å². The molecule has 0 saturated carbocycles. The average molecular weight is 340 g/mol. The van der Waals surface area contributed by atoms with Gasteiger partial charge in [-0.1, -0.05) is 18.2 Å².